The maximum Gasteiger partial charge on any atom is 0.471 e. The van der Waals surface area contributed by atoms with Crippen molar-refractivity contribution in [3.8, 4) is 11.4 Å². The monoisotopic (exact) mass is 378 g/mol. The summed E-state index contributed by atoms with van der Waals surface area (Å²) in [4.78, 5) is 26.5. The lowest BCUT2D eigenvalue weighted by molar-refractivity contribution is -0.159. The molecule has 0 atom stereocenters. The Labute approximate surface area is 150 Å². The Morgan fingerprint density at radius 3 is 2.48 bits per heavy atom. The number of nitrogens with zero attached hydrogens (tertiary/aromatic N) is 3. The normalized spacial score (nSPS) is 11.4. The van der Waals surface area contributed by atoms with Gasteiger partial charge in [0.1, 0.15) is 0 Å². The molecule has 0 aliphatic rings. The second-order valence-electron chi connectivity index (χ2n) is 5.68. The highest BCUT2D eigenvalue weighted by atomic mass is 19.4. The number of hydrogen-bond donors (Lipinski definition) is 1. The molecule has 0 saturated heterocycles. The van der Waals surface area contributed by atoms with Crippen LogP contribution >= 0.6 is 0 Å². The molecule has 0 fully saturated rings. The quantitative estimate of drug-likeness (QED) is 0.754. The largest absolute Gasteiger partial charge is 0.471 e. The lowest BCUT2D eigenvalue weighted by atomic mass is 10.2. The first kappa shape index (κ1) is 18.4. The number of hydrogen-bond acceptors (Lipinski definition) is 5. The number of benzene rings is 1. The summed E-state index contributed by atoms with van der Waals surface area (Å²) in [5, 5.41) is 5.89. The summed E-state index contributed by atoms with van der Waals surface area (Å²) in [6.45, 7) is 1.65. The molecule has 1 aromatic carbocycles. The van der Waals surface area contributed by atoms with Gasteiger partial charge in [-0.1, -0.05) is 17.3 Å². The molecule has 0 saturated carbocycles. The van der Waals surface area contributed by atoms with Gasteiger partial charge in [-0.3, -0.25) is 9.59 Å². The highest BCUT2D eigenvalue weighted by Crippen LogP contribution is 2.29. The van der Waals surface area contributed by atoms with Crippen LogP contribution in [0.2, 0.25) is 0 Å². The van der Waals surface area contributed by atoms with Crippen LogP contribution in [0.1, 0.15) is 18.4 Å². The number of carbonyl (C=O) groups excluding carboxylic acids is 1. The molecule has 0 aliphatic heterocycles. The third kappa shape index (κ3) is 4.40. The van der Waals surface area contributed by atoms with Crippen LogP contribution < -0.4 is 10.9 Å². The van der Waals surface area contributed by atoms with E-state index >= 15 is 0 Å². The highest BCUT2D eigenvalue weighted by molar-refractivity contribution is 5.88. The van der Waals surface area contributed by atoms with Crippen molar-refractivity contribution in [2.45, 2.75) is 19.6 Å². The fraction of sp³-hybridized carbons (Fsp3) is 0.176. The van der Waals surface area contributed by atoms with Gasteiger partial charge in [0, 0.05) is 30.4 Å². The van der Waals surface area contributed by atoms with Crippen LogP contribution in [0.25, 0.3) is 11.4 Å². The van der Waals surface area contributed by atoms with Crippen LogP contribution in [-0.2, 0) is 17.5 Å². The molecule has 0 spiro atoms. The Balaban J connectivity index is 1.78. The van der Waals surface area contributed by atoms with Crippen molar-refractivity contribution in [2.75, 3.05) is 5.32 Å². The van der Waals surface area contributed by atoms with Gasteiger partial charge in [0.15, 0.2) is 0 Å². The molecule has 0 radical (unpaired) electrons. The van der Waals surface area contributed by atoms with Crippen molar-refractivity contribution in [1.29, 1.82) is 0 Å². The molecule has 0 unspecified atom stereocenters. The number of amides is 1. The fourth-order valence-corrected chi connectivity index (χ4v) is 2.33. The van der Waals surface area contributed by atoms with E-state index in [0.29, 0.717) is 5.69 Å². The third-order valence-electron chi connectivity index (χ3n) is 3.55. The number of pyridine rings is 1. The van der Waals surface area contributed by atoms with Gasteiger partial charge < -0.3 is 14.4 Å². The molecular weight excluding hydrogens is 365 g/mol. The average molecular weight is 378 g/mol. The number of rotatable bonds is 4. The smallest absolute Gasteiger partial charge is 0.329 e. The van der Waals surface area contributed by atoms with Crippen LogP contribution in [0.15, 0.2) is 51.9 Å². The van der Waals surface area contributed by atoms with Gasteiger partial charge in [0.05, 0.1) is 6.54 Å². The van der Waals surface area contributed by atoms with E-state index < -0.39 is 17.6 Å². The minimum Gasteiger partial charge on any atom is -0.329 e. The summed E-state index contributed by atoms with van der Waals surface area (Å²) < 4.78 is 43.1. The first-order valence-electron chi connectivity index (χ1n) is 7.71. The lowest BCUT2D eigenvalue weighted by Gasteiger charge is -2.08. The van der Waals surface area contributed by atoms with E-state index in [2.05, 4.69) is 20.0 Å². The van der Waals surface area contributed by atoms with Crippen molar-refractivity contribution < 1.29 is 22.5 Å². The van der Waals surface area contributed by atoms with Crippen molar-refractivity contribution in [3.05, 3.63) is 64.4 Å². The summed E-state index contributed by atoms with van der Waals surface area (Å²) in [5.74, 6) is -1.98. The molecule has 0 aliphatic carbocycles. The van der Waals surface area contributed by atoms with E-state index in [1.165, 1.54) is 23.8 Å². The molecule has 1 N–H and O–H groups in total. The molecule has 1 amide bonds. The Kier molecular flexibility index (Phi) is 4.80. The van der Waals surface area contributed by atoms with Crippen molar-refractivity contribution in [2.24, 2.45) is 0 Å². The van der Waals surface area contributed by atoms with Crippen LogP contribution in [0.3, 0.4) is 0 Å². The second-order valence-corrected chi connectivity index (χ2v) is 5.68. The van der Waals surface area contributed by atoms with E-state index in [1.54, 1.807) is 24.3 Å². The number of anilines is 1. The van der Waals surface area contributed by atoms with E-state index in [9.17, 15) is 22.8 Å². The predicted molar refractivity (Wildman–Crippen MR) is 88.8 cm³/mol. The Morgan fingerprint density at radius 2 is 1.93 bits per heavy atom. The SMILES string of the molecule is CC(=O)Nc1ccc(Cn2ccc(-c3noc(C(F)(F)F)n3)cc2=O)cc1. The summed E-state index contributed by atoms with van der Waals surface area (Å²) >= 11 is 0. The summed E-state index contributed by atoms with van der Waals surface area (Å²) in [6.07, 6.45) is -3.31. The first-order valence-corrected chi connectivity index (χ1v) is 7.71. The van der Waals surface area contributed by atoms with E-state index in [4.69, 9.17) is 0 Å². The minimum atomic E-state index is -4.75. The van der Waals surface area contributed by atoms with E-state index in [-0.39, 0.29) is 23.8 Å². The van der Waals surface area contributed by atoms with Gasteiger partial charge in [-0.15, -0.1) is 0 Å². The Bertz CT molecular complexity index is 1020. The number of halogens is 3. The van der Waals surface area contributed by atoms with Crippen LogP contribution in [0.4, 0.5) is 18.9 Å². The topological polar surface area (TPSA) is 90.0 Å². The number of nitrogens with one attached hydrogen (secondary N) is 1. The maximum atomic E-state index is 12.5. The standard InChI is InChI=1S/C17H13F3N4O3/c1-10(25)21-13-4-2-11(3-5-13)9-24-7-6-12(8-14(24)26)15-22-16(27-23-15)17(18,19)20/h2-8H,9H2,1H3,(H,21,25). The zero-order valence-electron chi connectivity index (χ0n) is 13.9. The zero-order chi connectivity index (χ0) is 19.6. The number of alkyl halides is 3. The lowest BCUT2D eigenvalue weighted by Crippen LogP contribution is -2.19. The third-order valence-corrected chi connectivity index (χ3v) is 3.55. The first-order chi connectivity index (χ1) is 12.7. The van der Waals surface area contributed by atoms with Gasteiger partial charge in [0.2, 0.25) is 11.7 Å². The summed E-state index contributed by atoms with van der Waals surface area (Å²) in [5.41, 5.74) is 1.12. The molecule has 27 heavy (non-hydrogen) atoms. The van der Waals surface area contributed by atoms with Crippen LogP contribution in [0.5, 0.6) is 0 Å². The molecular formula is C17H13F3N4O3. The molecule has 3 rings (SSSR count). The number of aromatic nitrogens is 3. The van der Waals surface area contributed by atoms with Crippen molar-refractivity contribution in [3.63, 3.8) is 0 Å². The van der Waals surface area contributed by atoms with Gasteiger partial charge in [-0.25, -0.2) is 0 Å². The maximum absolute atomic E-state index is 12.5. The predicted octanol–water partition coefficient (Wildman–Crippen LogP) is 2.92. The van der Waals surface area contributed by atoms with E-state index in [1.807, 2.05) is 0 Å². The van der Waals surface area contributed by atoms with Gasteiger partial charge in [-0.05, 0) is 23.8 Å². The van der Waals surface area contributed by atoms with Crippen molar-refractivity contribution >= 4 is 11.6 Å². The van der Waals surface area contributed by atoms with Crippen LogP contribution in [-0.4, -0.2) is 20.6 Å². The highest BCUT2D eigenvalue weighted by Gasteiger charge is 2.38. The molecule has 2 aromatic heterocycles. The van der Waals surface area contributed by atoms with E-state index in [0.717, 1.165) is 11.6 Å². The fourth-order valence-electron chi connectivity index (χ4n) is 2.33. The van der Waals surface area contributed by atoms with Gasteiger partial charge in [-0.2, -0.15) is 18.2 Å². The van der Waals surface area contributed by atoms with Crippen molar-refractivity contribution in [1.82, 2.24) is 14.7 Å². The molecule has 3 aromatic rings. The Morgan fingerprint density at radius 1 is 1.22 bits per heavy atom. The van der Waals surface area contributed by atoms with Gasteiger partial charge >= 0.3 is 12.1 Å². The molecule has 10 heteroatoms. The average Bonchev–Trinajstić information content (AvgIpc) is 3.08. The minimum absolute atomic E-state index is 0.122. The molecule has 140 valence electrons. The molecule has 7 nitrogen and oxygen atoms in total. The molecule has 0 bridgehead atoms. The summed E-state index contributed by atoms with van der Waals surface area (Å²) in [7, 11) is 0. The van der Waals surface area contributed by atoms with Gasteiger partial charge in [0.25, 0.3) is 5.56 Å². The van der Waals surface area contributed by atoms with Crippen LogP contribution in [0, 0.1) is 0 Å². The Hall–Kier alpha value is -3.43. The second kappa shape index (κ2) is 7.06. The zero-order valence-corrected chi connectivity index (χ0v) is 13.9. The summed E-state index contributed by atoms with van der Waals surface area (Å²) in [6, 6.07) is 9.47. The number of carbonyl (C=O) groups is 1. The molecule has 2 heterocycles.